The van der Waals surface area contributed by atoms with Gasteiger partial charge in [0.05, 0.1) is 15.2 Å². The molecule has 3 rings (SSSR count). The van der Waals surface area contributed by atoms with Gasteiger partial charge in [-0.25, -0.2) is 9.97 Å². The van der Waals surface area contributed by atoms with E-state index in [1.807, 2.05) is 32.0 Å². The van der Waals surface area contributed by atoms with Gasteiger partial charge in [0, 0.05) is 19.7 Å². The number of benzene rings is 1. The van der Waals surface area contributed by atoms with Crippen LogP contribution in [0.15, 0.2) is 41.0 Å². The van der Waals surface area contributed by atoms with Crippen molar-refractivity contribution < 1.29 is 13.9 Å². The first-order valence-corrected chi connectivity index (χ1v) is 8.58. The maximum atomic E-state index is 12.2. The monoisotopic (exact) mass is 357 g/mol. The van der Waals surface area contributed by atoms with E-state index in [1.54, 1.807) is 23.3 Å². The Balaban J connectivity index is 1.64. The molecule has 0 saturated carbocycles. The second-order valence-electron chi connectivity index (χ2n) is 5.90. The molecular formula is C18H19N3O3S. The summed E-state index contributed by atoms with van der Waals surface area (Å²) in [4.78, 5) is 22.4. The molecule has 0 aliphatic heterocycles. The molecule has 0 aliphatic carbocycles. The van der Waals surface area contributed by atoms with Gasteiger partial charge in [-0.3, -0.25) is 4.79 Å². The van der Waals surface area contributed by atoms with E-state index in [4.69, 9.17) is 9.15 Å². The summed E-state index contributed by atoms with van der Waals surface area (Å²) < 4.78 is 12.2. The molecule has 0 aliphatic rings. The lowest BCUT2D eigenvalue weighted by atomic mass is 10.3. The smallest absolute Gasteiger partial charge is 0.275 e. The number of carbonyl (C=O) groups excluding carboxylic acids is 1. The summed E-state index contributed by atoms with van der Waals surface area (Å²) in [6, 6.07) is 5.75. The van der Waals surface area contributed by atoms with Crippen LogP contribution in [0.3, 0.4) is 0 Å². The van der Waals surface area contributed by atoms with Gasteiger partial charge >= 0.3 is 0 Å². The molecule has 2 aromatic heterocycles. The van der Waals surface area contributed by atoms with Crippen LogP contribution < -0.4 is 4.74 Å². The zero-order chi connectivity index (χ0) is 18.0. The van der Waals surface area contributed by atoms with Gasteiger partial charge in [-0.15, -0.1) is 11.3 Å². The molecule has 25 heavy (non-hydrogen) atoms. The minimum absolute atomic E-state index is 0.145. The van der Waals surface area contributed by atoms with Crippen molar-refractivity contribution in [1.29, 1.82) is 0 Å². The maximum absolute atomic E-state index is 12.2. The van der Waals surface area contributed by atoms with Crippen molar-refractivity contribution in [3.05, 3.63) is 53.2 Å². The minimum atomic E-state index is -0.211. The second kappa shape index (κ2) is 7.06. The van der Waals surface area contributed by atoms with Crippen LogP contribution in [0, 0.1) is 6.92 Å². The van der Waals surface area contributed by atoms with Crippen molar-refractivity contribution >= 4 is 27.5 Å². The van der Waals surface area contributed by atoms with E-state index < -0.39 is 0 Å². The van der Waals surface area contributed by atoms with Crippen molar-refractivity contribution in [3.8, 4) is 5.75 Å². The molecule has 0 saturated heterocycles. The van der Waals surface area contributed by atoms with Gasteiger partial charge in [0.2, 0.25) is 5.89 Å². The Morgan fingerprint density at radius 1 is 1.40 bits per heavy atom. The van der Waals surface area contributed by atoms with E-state index in [2.05, 4.69) is 16.5 Å². The highest BCUT2D eigenvalue weighted by atomic mass is 32.1. The third-order valence-electron chi connectivity index (χ3n) is 3.45. The molecular weight excluding hydrogens is 338 g/mol. The first kappa shape index (κ1) is 17.2. The van der Waals surface area contributed by atoms with Crippen molar-refractivity contribution in [3.63, 3.8) is 0 Å². The number of oxazole rings is 1. The van der Waals surface area contributed by atoms with E-state index in [1.165, 1.54) is 6.26 Å². The van der Waals surface area contributed by atoms with Crippen LogP contribution in [0.5, 0.6) is 5.75 Å². The Morgan fingerprint density at radius 2 is 2.20 bits per heavy atom. The van der Waals surface area contributed by atoms with Crippen molar-refractivity contribution in [2.75, 3.05) is 13.6 Å². The number of aryl methyl sites for hydroxylation is 1. The average molecular weight is 357 g/mol. The Hall–Kier alpha value is -2.67. The van der Waals surface area contributed by atoms with Gasteiger partial charge in [0.1, 0.15) is 12.0 Å². The zero-order valence-corrected chi connectivity index (χ0v) is 15.2. The van der Waals surface area contributed by atoms with Crippen LogP contribution in [-0.2, 0) is 6.61 Å². The number of fused-ring (bicyclic) bond motifs is 1. The Labute approximate surface area is 149 Å². The van der Waals surface area contributed by atoms with Gasteiger partial charge in [-0.1, -0.05) is 12.2 Å². The summed E-state index contributed by atoms with van der Waals surface area (Å²) in [5, 5.41) is 1.02. The molecule has 0 atom stereocenters. The SMILES string of the molecule is C=C(C)CN(C)C(=O)c1coc(COc2ccc3sc(C)nc3c2)n1. The fraction of sp³-hybridized carbons (Fsp3) is 0.278. The normalized spacial score (nSPS) is 10.8. The van der Waals surface area contributed by atoms with Gasteiger partial charge in [-0.2, -0.15) is 0 Å². The van der Waals surface area contributed by atoms with Crippen molar-refractivity contribution in [2.24, 2.45) is 0 Å². The van der Waals surface area contributed by atoms with E-state index in [-0.39, 0.29) is 18.2 Å². The number of hydrogen-bond donors (Lipinski definition) is 0. The summed E-state index contributed by atoms with van der Waals surface area (Å²) in [5.41, 5.74) is 2.06. The lowest BCUT2D eigenvalue weighted by Gasteiger charge is -2.14. The molecule has 130 valence electrons. The summed E-state index contributed by atoms with van der Waals surface area (Å²) in [7, 11) is 1.70. The van der Waals surface area contributed by atoms with Crippen LogP contribution in [0.2, 0.25) is 0 Å². The highest BCUT2D eigenvalue weighted by Gasteiger charge is 2.17. The van der Waals surface area contributed by atoms with Crippen LogP contribution in [0.4, 0.5) is 0 Å². The fourth-order valence-electron chi connectivity index (χ4n) is 2.40. The van der Waals surface area contributed by atoms with E-state index in [0.29, 0.717) is 18.2 Å². The molecule has 0 bridgehead atoms. The largest absolute Gasteiger partial charge is 0.484 e. The second-order valence-corrected chi connectivity index (χ2v) is 7.13. The first-order valence-electron chi connectivity index (χ1n) is 7.76. The lowest BCUT2D eigenvalue weighted by molar-refractivity contribution is 0.0801. The van der Waals surface area contributed by atoms with Gasteiger partial charge in [0.15, 0.2) is 12.3 Å². The van der Waals surface area contributed by atoms with E-state index >= 15 is 0 Å². The molecule has 7 heteroatoms. The number of thiazole rings is 1. The standard InChI is InChI=1S/C18H19N3O3S/c1-11(2)8-21(4)18(22)15-9-24-17(20-15)10-23-13-5-6-16-14(7-13)19-12(3)25-16/h5-7,9H,1,8,10H2,2-4H3. The number of amides is 1. The molecule has 6 nitrogen and oxygen atoms in total. The predicted octanol–water partition coefficient (Wildman–Crippen LogP) is 3.82. The van der Waals surface area contributed by atoms with Gasteiger partial charge in [-0.05, 0) is 26.0 Å². The number of likely N-dealkylation sites (N-methyl/N-ethyl adjacent to an activating group) is 1. The van der Waals surface area contributed by atoms with E-state index in [9.17, 15) is 4.79 Å². The van der Waals surface area contributed by atoms with Crippen LogP contribution >= 0.6 is 11.3 Å². The Morgan fingerprint density at radius 3 is 2.96 bits per heavy atom. The number of ether oxygens (including phenoxy) is 1. The van der Waals surface area contributed by atoms with Crippen LogP contribution in [-0.4, -0.2) is 34.4 Å². The molecule has 3 aromatic rings. The van der Waals surface area contributed by atoms with Crippen LogP contribution in [0.1, 0.15) is 28.3 Å². The molecule has 0 unspecified atom stereocenters. The molecule has 0 N–H and O–H groups in total. The highest BCUT2D eigenvalue weighted by Crippen LogP contribution is 2.26. The Kier molecular flexibility index (Phi) is 4.85. The average Bonchev–Trinajstić information content (AvgIpc) is 3.16. The fourth-order valence-corrected chi connectivity index (χ4v) is 3.21. The van der Waals surface area contributed by atoms with Crippen LogP contribution in [0.25, 0.3) is 10.2 Å². The molecule has 0 radical (unpaired) electrons. The van der Waals surface area contributed by atoms with Crippen molar-refractivity contribution in [1.82, 2.24) is 14.9 Å². The number of rotatable bonds is 6. The zero-order valence-electron chi connectivity index (χ0n) is 14.4. The van der Waals surface area contributed by atoms with E-state index in [0.717, 1.165) is 20.8 Å². The summed E-state index contributed by atoms with van der Waals surface area (Å²) >= 11 is 1.64. The maximum Gasteiger partial charge on any atom is 0.275 e. The third-order valence-corrected chi connectivity index (χ3v) is 4.40. The highest BCUT2D eigenvalue weighted by molar-refractivity contribution is 7.18. The summed E-state index contributed by atoms with van der Waals surface area (Å²) in [6.07, 6.45) is 1.35. The first-order chi connectivity index (χ1) is 11.9. The number of carbonyl (C=O) groups is 1. The third kappa shape index (κ3) is 4.06. The number of hydrogen-bond acceptors (Lipinski definition) is 6. The number of nitrogens with zero attached hydrogens (tertiary/aromatic N) is 3. The van der Waals surface area contributed by atoms with Gasteiger partial charge < -0.3 is 14.1 Å². The molecule has 0 fully saturated rings. The van der Waals surface area contributed by atoms with Crippen molar-refractivity contribution in [2.45, 2.75) is 20.5 Å². The lowest BCUT2D eigenvalue weighted by Crippen LogP contribution is -2.28. The molecule has 2 heterocycles. The Bertz CT molecular complexity index is 929. The van der Waals surface area contributed by atoms with Gasteiger partial charge in [0.25, 0.3) is 5.91 Å². The molecule has 0 spiro atoms. The minimum Gasteiger partial charge on any atom is -0.484 e. The molecule has 1 amide bonds. The summed E-state index contributed by atoms with van der Waals surface area (Å²) in [5.74, 6) is 0.822. The predicted molar refractivity (Wildman–Crippen MR) is 97.0 cm³/mol. The summed E-state index contributed by atoms with van der Waals surface area (Å²) in [6.45, 7) is 8.26. The quantitative estimate of drug-likeness (QED) is 0.627. The number of aromatic nitrogens is 2. The molecule has 1 aromatic carbocycles. The topological polar surface area (TPSA) is 68.5 Å².